The molecule has 2 nitrogen and oxygen atoms in total. The summed E-state index contributed by atoms with van der Waals surface area (Å²) in [6.45, 7) is 0. The van der Waals surface area contributed by atoms with E-state index >= 15 is 0 Å². The molecule has 0 bridgehead atoms. The van der Waals surface area contributed by atoms with E-state index in [0.717, 1.165) is 12.0 Å². The lowest BCUT2D eigenvalue weighted by molar-refractivity contribution is -0.142. The molecular weight excluding hydrogens is 200 g/mol. The van der Waals surface area contributed by atoms with Crippen LogP contribution in [0.15, 0.2) is 36.4 Å². The molecule has 2 aromatic carbocycles. The summed E-state index contributed by atoms with van der Waals surface area (Å²) in [5.74, 6) is -0.255. The third kappa shape index (κ3) is 1.16. The minimum atomic E-state index is -0.135. The molecule has 0 radical (unpaired) electrons. The van der Waals surface area contributed by atoms with Crippen LogP contribution in [-0.4, -0.2) is 13.1 Å². The average Bonchev–Trinajstić information content (AvgIpc) is 2.70. The lowest BCUT2D eigenvalue weighted by atomic mass is 10.0. The van der Waals surface area contributed by atoms with Gasteiger partial charge in [0.15, 0.2) is 0 Å². The quantitative estimate of drug-likeness (QED) is 0.679. The van der Waals surface area contributed by atoms with Crippen LogP contribution in [0.2, 0.25) is 0 Å². The summed E-state index contributed by atoms with van der Waals surface area (Å²) in [6, 6.07) is 12.3. The molecule has 16 heavy (non-hydrogen) atoms. The van der Waals surface area contributed by atoms with Crippen molar-refractivity contribution in [3.8, 4) is 0 Å². The molecule has 0 N–H and O–H groups in total. The number of esters is 1. The molecule has 2 heteroatoms. The smallest absolute Gasteiger partial charge is 0.313 e. The number of methoxy groups -OCH3 is 1. The Labute approximate surface area is 93.8 Å². The minimum Gasteiger partial charge on any atom is -0.469 e. The summed E-state index contributed by atoms with van der Waals surface area (Å²) in [4.78, 5) is 11.7. The number of hydrogen-bond acceptors (Lipinski definition) is 2. The monoisotopic (exact) mass is 212 g/mol. The van der Waals surface area contributed by atoms with Crippen molar-refractivity contribution >= 4 is 16.7 Å². The van der Waals surface area contributed by atoms with E-state index in [2.05, 4.69) is 18.2 Å². The van der Waals surface area contributed by atoms with E-state index in [0.29, 0.717) is 0 Å². The van der Waals surface area contributed by atoms with E-state index in [1.165, 1.54) is 23.4 Å². The molecule has 0 aromatic heterocycles. The zero-order valence-electron chi connectivity index (χ0n) is 9.07. The predicted molar refractivity (Wildman–Crippen MR) is 62.4 cm³/mol. The molecule has 3 rings (SSSR count). The van der Waals surface area contributed by atoms with Crippen LogP contribution in [-0.2, 0) is 16.0 Å². The van der Waals surface area contributed by atoms with Crippen LogP contribution in [0, 0.1) is 0 Å². The Morgan fingerprint density at radius 1 is 1.25 bits per heavy atom. The second-order valence-corrected chi connectivity index (χ2v) is 4.14. The van der Waals surface area contributed by atoms with Gasteiger partial charge in [-0.3, -0.25) is 4.79 Å². The van der Waals surface area contributed by atoms with Crippen molar-refractivity contribution in [2.45, 2.75) is 12.3 Å². The average molecular weight is 212 g/mol. The van der Waals surface area contributed by atoms with Gasteiger partial charge in [0.2, 0.25) is 0 Å². The summed E-state index contributed by atoms with van der Waals surface area (Å²) in [5.41, 5.74) is 2.36. The van der Waals surface area contributed by atoms with Crippen molar-refractivity contribution in [1.29, 1.82) is 0 Å². The Balaban J connectivity index is 2.25. The molecule has 0 aliphatic heterocycles. The van der Waals surface area contributed by atoms with E-state index in [9.17, 15) is 4.79 Å². The van der Waals surface area contributed by atoms with E-state index < -0.39 is 0 Å². The van der Waals surface area contributed by atoms with Gasteiger partial charge < -0.3 is 4.74 Å². The van der Waals surface area contributed by atoms with Crippen LogP contribution in [0.4, 0.5) is 0 Å². The summed E-state index contributed by atoms with van der Waals surface area (Å²) in [5, 5.41) is 2.45. The Hall–Kier alpha value is -1.83. The third-order valence-electron chi connectivity index (χ3n) is 3.31. The number of hydrogen-bond donors (Lipinski definition) is 0. The zero-order valence-corrected chi connectivity index (χ0v) is 9.07. The summed E-state index contributed by atoms with van der Waals surface area (Å²) >= 11 is 0. The van der Waals surface area contributed by atoms with E-state index in [-0.39, 0.29) is 11.9 Å². The minimum absolute atomic E-state index is 0.119. The van der Waals surface area contributed by atoms with Gasteiger partial charge in [0.1, 0.15) is 0 Å². The molecule has 1 aliphatic rings. The highest BCUT2D eigenvalue weighted by molar-refractivity contribution is 5.96. The van der Waals surface area contributed by atoms with Crippen molar-refractivity contribution in [1.82, 2.24) is 0 Å². The van der Waals surface area contributed by atoms with Gasteiger partial charge in [-0.05, 0) is 28.3 Å². The Bertz CT molecular complexity index is 567. The molecule has 1 aliphatic carbocycles. The molecular formula is C14H12O2. The molecule has 1 unspecified atom stereocenters. The highest BCUT2D eigenvalue weighted by Gasteiger charge is 2.30. The van der Waals surface area contributed by atoms with Gasteiger partial charge >= 0.3 is 5.97 Å². The topological polar surface area (TPSA) is 26.3 Å². The third-order valence-corrected chi connectivity index (χ3v) is 3.31. The lowest BCUT2D eigenvalue weighted by Crippen LogP contribution is -2.12. The van der Waals surface area contributed by atoms with Gasteiger partial charge in [-0.15, -0.1) is 0 Å². The fourth-order valence-corrected chi connectivity index (χ4v) is 2.59. The van der Waals surface area contributed by atoms with Crippen LogP contribution >= 0.6 is 0 Å². The van der Waals surface area contributed by atoms with Gasteiger partial charge in [-0.2, -0.15) is 0 Å². The Morgan fingerprint density at radius 3 is 2.75 bits per heavy atom. The van der Waals surface area contributed by atoms with Crippen molar-refractivity contribution in [2.75, 3.05) is 7.11 Å². The first-order valence-electron chi connectivity index (χ1n) is 5.39. The van der Waals surface area contributed by atoms with Crippen LogP contribution in [0.5, 0.6) is 0 Å². The molecule has 0 saturated heterocycles. The Kier molecular flexibility index (Phi) is 1.96. The molecule has 0 spiro atoms. The van der Waals surface area contributed by atoms with Crippen LogP contribution in [0.3, 0.4) is 0 Å². The standard InChI is InChI=1S/C14H12O2/c1-16-14(15)12-8-10-6-2-4-9-5-3-7-11(12)13(9)10/h2-7,12H,8H2,1H3. The molecule has 0 amide bonds. The highest BCUT2D eigenvalue weighted by Crippen LogP contribution is 2.38. The van der Waals surface area contributed by atoms with Crippen molar-refractivity contribution in [3.63, 3.8) is 0 Å². The molecule has 1 atom stereocenters. The largest absolute Gasteiger partial charge is 0.469 e. The number of ether oxygens (including phenoxy) is 1. The first-order valence-corrected chi connectivity index (χ1v) is 5.39. The molecule has 2 aromatic rings. The fourth-order valence-electron chi connectivity index (χ4n) is 2.59. The lowest BCUT2D eigenvalue weighted by Gasteiger charge is -2.08. The van der Waals surface area contributed by atoms with Crippen LogP contribution < -0.4 is 0 Å². The summed E-state index contributed by atoms with van der Waals surface area (Å²) in [7, 11) is 1.45. The SMILES string of the molecule is COC(=O)C1Cc2cccc3cccc1c23. The Morgan fingerprint density at radius 2 is 2.00 bits per heavy atom. The van der Waals surface area contributed by atoms with Crippen molar-refractivity contribution < 1.29 is 9.53 Å². The van der Waals surface area contributed by atoms with Crippen LogP contribution in [0.25, 0.3) is 10.8 Å². The molecule has 80 valence electrons. The highest BCUT2D eigenvalue weighted by atomic mass is 16.5. The maximum Gasteiger partial charge on any atom is 0.313 e. The number of carbonyl (C=O) groups excluding carboxylic acids is 1. The van der Waals surface area contributed by atoms with Gasteiger partial charge in [0, 0.05) is 0 Å². The van der Waals surface area contributed by atoms with Crippen LogP contribution in [0.1, 0.15) is 17.0 Å². The van der Waals surface area contributed by atoms with Crippen molar-refractivity contribution in [2.24, 2.45) is 0 Å². The van der Waals surface area contributed by atoms with Crippen molar-refractivity contribution in [3.05, 3.63) is 47.5 Å². The first kappa shape index (κ1) is 9.40. The van der Waals surface area contributed by atoms with E-state index in [1.807, 2.05) is 18.2 Å². The van der Waals surface area contributed by atoms with Gasteiger partial charge in [0.05, 0.1) is 13.0 Å². The number of carbonyl (C=O) groups is 1. The van der Waals surface area contributed by atoms with Gasteiger partial charge in [-0.1, -0.05) is 36.4 Å². The predicted octanol–water partition coefficient (Wildman–Crippen LogP) is 2.65. The fraction of sp³-hybridized carbons (Fsp3) is 0.214. The van der Waals surface area contributed by atoms with Gasteiger partial charge in [-0.25, -0.2) is 0 Å². The maximum absolute atomic E-state index is 11.7. The zero-order chi connectivity index (χ0) is 11.1. The second kappa shape index (κ2) is 3.34. The number of rotatable bonds is 1. The second-order valence-electron chi connectivity index (χ2n) is 4.14. The normalized spacial score (nSPS) is 17.7. The summed E-state index contributed by atoms with van der Waals surface area (Å²) in [6.07, 6.45) is 0.767. The maximum atomic E-state index is 11.7. The molecule has 0 saturated carbocycles. The molecule has 0 heterocycles. The van der Waals surface area contributed by atoms with Gasteiger partial charge in [0.25, 0.3) is 0 Å². The first-order chi connectivity index (χ1) is 7.81. The summed E-state index contributed by atoms with van der Waals surface area (Å²) < 4.78 is 4.86. The van der Waals surface area contributed by atoms with E-state index in [1.54, 1.807) is 0 Å². The molecule has 0 fully saturated rings. The van der Waals surface area contributed by atoms with E-state index in [4.69, 9.17) is 4.74 Å². The number of benzene rings is 2.